The number of nitrogens with two attached hydrogens (primary N) is 1. The summed E-state index contributed by atoms with van der Waals surface area (Å²) in [6.07, 6.45) is 3.81. The molecule has 0 aromatic heterocycles. The fourth-order valence-corrected chi connectivity index (χ4v) is 2.40. The summed E-state index contributed by atoms with van der Waals surface area (Å²) >= 11 is 0. The summed E-state index contributed by atoms with van der Waals surface area (Å²) in [4.78, 5) is 2.29. The number of likely N-dealkylation sites (N-methyl/N-ethyl adjacent to an activating group) is 1. The molecule has 3 unspecified atom stereocenters. The molecule has 13 heavy (non-hydrogen) atoms. The molecule has 3 atom stereocenters. The zero-order valence-electron chi connectivity index (χ0n) is 9.46. The molecule has 0 aromatic carbocycles. The van der Waals surface area contributed by atoms with E-state index < -0.39 is 0 Å². The first-order valence-corrected chi connectivity index (χ1v) is 5.44. The van der Waals surface area contributed by atoms with E-state index in [1.807, 2.05) is 0 Å². The van der Waals surface area contributed by atoms with Crippen LogP contribution in [0, 0.1) is 11.8 Å². The van der Waals surface area contributed by atoms with Crippen LogP contribution in [0.15, 0.2) is 0 Å². The van der Waals surface area contributed by atoms with Crippen LogP contribution in [0.5, 0.6) is 0 Å². The Labute approximate surface area is 82.5 Å². The van der Waals surface area contributed by atoms with Gasteiger partial charge in [0, 0.05) is 12.1 Å². The zero-order chi connectivity index (χ0) is 10.0. The van der Waals surface area contributed by atoms with Gasteiger partial charge in [0.2, 0.25) is 0 Å². The molecule has 1 aliphatic carbocycles. The zero-order valence-corrected chi connectivity index (χ0v) is 9.46. The predicted octanol–water partition coefficient (Wildman–Crippen LogP) is 1.70. The Hall–Kier alpha value is -0.0800. The van der Waals surface area contributed by atoms with Crippen molar-refractivity contribution in [2.75, 3.05) is 14.1 Å². The summed E-state index contributed by atoms with van der Waals surface area (Å²) in [5.41, 5.74) is 6.10. The molecular weight excluding hydrogens is 160 g/mol. The highest BCUT2D eigenvalue weighted by atomic mass is 15.1. The van der Waals surface area contributed by atoms with Gasteiger partial charge >= 0.3 is 0 Å². The Balaban J connectivity index is 2.53. The molecule has 0 heterocycles. The Morgan fingerprint density at radius 2 is 1.85 bits per heavy atom. The first-order chi connectivity index (χ1) is 6.02. The van der Waals surface area contributed by atoms with Crippen molar-refractivity contribution < 1.29 is 0 Å². The van der Waals surface area contributed by atoms with Crippen molar-refractivity contribution in [1.29, 1.82) is 0 Å². The third-order valence-corrected chi connectivity index (χ3v) is 3.52. The van der Waals surface area contributed by atoms with Crippen LogP contribution < -0.4 is 5.73 Å². The van der Waals surface area contributed by atoms with Gasteiger partial charge in [-0.2, -0.15) is 0 Å². The Kier molecular flexibility index (Phi) is 3.74. The fraction of sp³-hybridized carbons (Fsp3) is 1.00. The van der Waals surface area contributed by atoms with Crippen molar-refractivity contribution in [1.82, 2.24) is 4.90 Å². The molecule has 78 valence electrons. The van der Waals surface area contributed by atoms with E-state index in [0.29, 0.717) is 12.1 Å². The normalized spacial score (nSPS) is 35.8. The Morgan fingerprint density at radius 3 is 2.31 bits per heavy atom. The molecular formula is C11H24N2. The third kappa shape index (κ3) is 2.68. The van der Waals surface area contributed by atoms with E-state index in [1.54, 1.807) is 0 Å². The quantitative estimate of drug-likeness (QED) is 0.708. The lowest BCUT2D eigenvalue weighted by Gasteiger charge is -2.39. The summed E-state index contributed by atoms with van der Waals surface area (Å²) in [6, 6.07) is 0.992. The van der Waals surface area contributed by atoms with E-state index >= 15 is 0 Å². The molecule has 2 heteroatoms. The standard InChI is InChI=1S/C11H24N2/c1-8(2)9-5-6-10(12)11(7-9)13(3)4/h8-11H,5-7,12H2,1-4H3. The summed E-state index contributed by atoms with van der Waals surface area (Å²) in [5.74, 6) is 1.70. The third-order valence-electron chi connectivity index (χ3n) is 3.52. The Bertz CT molecular complexity index is 154. The van der Waals surface area contributed by atoms with Crippen molar-refractivity contribution in [2.45, 2.75) is 45.2 Å². The van der Waals surface area contributed by atoms with Crippen LogP contribution >= 0.6 is 0 Å². The largest absolute Gasteiger partial charge is 0.326 e. The van der Waals surface area contributed by atoms with Crippen LogP contribution in [0.25, 0.3) is 0 Å². The molecule has 1 fully saturated rings. The monoisotopic (exact) mass is 184 g/mol. The van der Waals surface area contributed by atoms with Gasteiger partial charge in [-0.15, -0.1) is 0 Å². The van der Waals surface area contributed by atoms with Gasteiger partial charge in [0.25, 0.3) is 0 Å². The van der Waals surface area contributed by atoms with Crippen molar-refractivity contribution in [3.05, 3.63) is 0 Å². The molecule has 1 aliphatic rings. The summed E-state index contributed by atoms with van der Waals surface area (Å²) in [6.45, 7) is 4.66. The van der Waals surface area contributed by atoms with Crippen molar-refractivity contribution >= 4 is 0 Å². The molecule has 0 saturated heterocycles. The van der Waals surface area contributed by atoms with Gasteiger partial charge in [-0.3, -0.25) is 0 Å². The molecule has 2 N–H and O–H groups in total. The molecule has 1 saturated carbocycles. The van der Waals surface area contributed by atoms with E-state index in [1.165, 1.54) is 19.3 Å². The summed E-state index contributed by atoms with van der Waals surface area (Å²) in [7, 11) is 4.29. The second-order valence-electron chi connectivity index (χ2n) is 5.01. The van der Waals surface area contributed by atoms with Crippen LogP contribution in [-0.2, 0) is 0 Å². The van der Waals surface area contributed by atoms with Crippen LogP contribution in [-0.4, -0.2) is 31.1 Å². The maximum absolute atomic E-state index is 6.10. The summed E-state index contributed by atoms with van der Waals surface area (Å²) < 4.78 is 0. The average Bonchev–Trinajstić information content (AvgIpc) is 2.04. The second kappa shape index (κ2) is 4.43. The van der Waals surface area contributed by atoms with Crippen LogP contribution in [0.2, 0.25) is 0 Å². The van der Waals surface area contributed by atoms with E-state index in [2.05, 4.69) is 32.8 Å². The lowest BCUT2D eigenvalue weighted by atomic mass is 9.77. The highest BCUT2D eigenvalue weighted by molar-refractivity contribution is 4.88. The van der Waals surface area contributed by atoms with Crippen LogP contribution in [0.1, 0.15) is 33.1 Å². The smallest absolute Gasteiger partial charge is 0.0243 e. The van der Waals surface area contributed by atoms with Crippen molar-refractivity contribution in [2.24, 2.45) is 17.6 Å². The Morgan fingerprint density at radius 1 is 1.23 bits per heavy atom. The molecule has 0 bridgehead atoms. The molecule has 0 radical (unpaired) electrons. The number of nitrogens with zero attached hydrogens (tertiary/aromatic N) is 1. The van der Waals surface area contributed by atoms with Crippen LogP contribution in [0.3, 0.4) is 0 Å². The number of hydrogen-bond donors (Lipinski definition) is 1. The van der Waals surface area contributed by atoms with E-state index in [9.17, 15) is 0 Å². The summed E-state index contributed by atoms with van der Waals surface area (Å²) in [5, 5.41) is 0. The van der Waals surface area contributed by atoms with Gasteiger partial charge in [-0.25, -0.2) is 0 Å². The van der Waals surface area contributed by atoms with E-state index in [0.717, 1.165) is 11.8 Å². The lowest BCUT2D eigenvalue weighted by Crippen LogP contribution is -2.49. The second-order valence-corrected chi connectivity index (χ2v) is 5.01. The number of rotatable bonds is 2. The first-order valence-electron chi connectivity index (χ1n) is 5.44. The van der Waals surface area contributed by atoms with Crippen molar-refractivity contribution in [3.63, 3.8) is 0 Å². The maximum Gasteiger partial charge on any atom is 0.0243 e. The van der Waals surface area contributed by atoms with Crippen molar-refractivity contribution in [3.8, 4) is 0 Å². The topological polar surface area (TPSA) is 29.3 Å². The highest BCUT2D eigenvalue weighted by Crippen LogP contribution is 2.31. The first kappa shape index (κ1) is 11.0. The molecule has 0 spiro atoms. The van der Waals surface area contributed by atoms with Gasteiger partial charge in [0.15, 0.2) is 0 Å². The lowest BCUT2D eigenvalue weighted by molar-refractivity contribution is 0.138. The SMILES string of the molecule is CC(C)C1CCC(N)C(N(C)C)C1. The predicted molar refractivity (Wildman–Crippen MR) is 57.6 cm³/mol. The maximum atomic E-state index is 6.10. The molecule has 0 aliphatic heterocycles. The average molecular weight is 184 g/mol. The highest BCUT2D eigenvalue weighted by Gasteiger charge is 2.30. The van der Waals surface area contributed by atoms with Gasteiger partial charge in [0.1, 0.15) is 0 Å². The van der Waals surface area contributed by atoms with Gasteiger partial charge < -0.3 is 10.6 Å². The van der Waals surface area contributed by atoms with Gasteiger partial charge in [-0.1, -0.05) is 13.8 Å². The van der Waals surface area contributed by atoms with Gasteiger partial charge in [0.05, 0.1) is 0 Å². The molecule has 1 rings (SSSR count). The van der Waals surface area contributed by atoms with Gasteiger partial charge in [-0.05, 0) is 45.2 Å². The van der Waals surface area contributed by atoms with E-state index in [4.69, 9.17) is 5.73 Å². The molecule has 0 aromatic rings. The minimum Gasteiger partial charge on any atom is -0.326 e. The van der Waals surface area contributed by atoms with Crippen LogP contribution in [0.4, 0.5) is 0 Å². The number of hydrogen-bond acceptors (Lipinski definition) is 2. The molecule has 2 nitrogen and oxygen atoms in total. The minimum atomic E-state index is 0.394. The fourth-order valence-electron chi connectivity index (χ4n) is 2.40. The minimum absolute atomic E-state index is 0.394. The van der Waals surface area contributed by atoms with E-state index in [-0.39, 0.29) is 0 Å². The molecule has 0 amide bonds.